The lowest BCUT2D eigenvalue weighted by atomic mass is 9.91. The Hall–Kier alpha value is -0.430. The zero-order valence-electron chi connectivity index (χ0n) is 9.87. The van der Waals surface area contributed by atoms with Crippen LogP contribution in [0, 0.1) is 0 Å². The van der Waals surface area contributed by atoms with Crippen molar-refractivity contribution in [1.29, 1.82) is 0 Å². The second kappa shape index (κ2) is 5.95. The molecule has 0 aliphatic carbocycles. The molecule has 1 unspecified atom stereocenters. The molecule has 1 aromatic rings. The molecule has 0 aliphatic heterocycles. The molecule has 0 fully saturated rings. The van der Waals surface area contributed by atoms with Crippen molar-refractivity contribution in [3.8, 4) is 0 Å². The number of carbonyl (C=O) groups is 1. The molecule has 0 saturated carbocycles. The minimum Gasteiger partial charge on any atom is -0.382 e. The molecule has 0 aliphatic rings. The number of nitrogens with two attached hydrogens (primary N) is 1. The number of aliphatic hydroxyl groups excluding tert-OH is 1. The maximum absolute atomic E-state index is 11.4. The first-order valence-corrected chi connectivity index (χ1v) is 6.94. The zero-order valence-corrected chi connectivity index (χ0v) is 12.3. The first-order valence-electron chi connectivity index (χ1n) is 5.27. The van der Waals surface area contributed by atoms with Gasteiger partial charge in [0.15, 0.2) is 0 Å². The molecule has 1 rings (SSSR count). The van der Waals surface area contributed by atoms with Crippen LogP contribution in [0.1, 0.15) is 18.7 Å². The Labute approximate surface area is 113 Å². The Bertz CT molecular complexity index is 393. The maximum Gasteiger partial charge on any atom is 0.250 e. The highest BCUT2D eigenvalue weighted by molar-refractivity contribution is 9.10. The van der Waals surface area contributed by atoms with E-state index in [0.29, 0.717) is 6.54 Å². The third-order valence-electron chi connectivity index (χ3n) is 2.46. The van der Waals surface area contributed by atoms with Crippen molar-refractivity contribution in [2.75, 3.05) is 13.1 Å². The first kappa shape index (κ1) is 14.6. The number of nitrogens with one attached hydrogen (secondary N) is 1. The van der Waals surface area contributed by atoms with Gasteiger partial charge in [-0.2, -0.15) is 0 Å². The van der Waals surface area contributed by atoms with Crippen LogP contribution in [0.25, 0.3) is 0 Å². The quantitative estimate of drug-likeness (QED) is 0.763. The summed E-state index contributed by atoms with van der Waals surface area (Å²) in [5.74, 6) is -0.420. The number of thiophene rings is 1. The van der Waals surface area contributed by atoms with Gasteiger partial charge in [0.05, 0.1) is 0 Å². The lowest BCUT2D eigenvalue weighted by molar-refractivity contribution is -0.129. The van der Waals surface area contributed by atoms with E-state index >= 15 is 0 Å². The predicted molar refractivity (Wildman–Crippen MR) is 73.1 cm³/mol. The molecule has 1 amide bonds. The summed E-state index contributed by atoms with van der Waals surface area (Å²) in [6.45, 7) is 4.49. The van der Waals surface area contributed by atoms with Gasteiger partial charge in [-0.25, -0.2) is 0 Å². The summed E-state index contributed by atoms with van der Waals surface area (Å²) >= 11 is 5.04. The van der Waals surface area contributed by atoms with E-state index in [1.165, 1.54) is 4.88 Å². The fourth-order valence-corrected chi connectivity index (χ4v) is 2.84. The van der Waals surface area contributed by atoms with Crippen LogP contribution in [0.5, 0.6) is 0 Å². The van der Waals surface area contributed by atoms with Gasteiger partial charge in [0.1, 0.15) is 6.10 Å². The van der Waals surface area contributed by atoms with Gasteiger partial charge in [0, 0.05) is 33.2 Å². The molecule has 96 valence electrons. The van der Waals surface area contributed by atoms with E-state index in [1.54, 1.807) is 11.3 Å². The van der Waals surface area contributed by atoms with Gasteiger partial charge in [-0.3, -0.25) is 4.79 Å². The summed E-state index contributed by atoms with van der Waals surface area (Å²) in [7, 11) is 0. The number of hydrogen-bond acceptors (Lipinski definition) is 4. The largest absolute Gasteiger partial charge is 0.382 e. The molecule has 4 N–H and O–H groups in total. The smallest absolute Gasteiger partial charge is 0.250 e. The Morgan fingerprint density at radius 2 is 2.35 bits per heavy atom. The summed E-state index contributed by atoms with van der Waals surface area (Å²) in [4.78, 5) is 12.6. The van der Waals surface area contributed by atoms with Gasteiger partial charge in [-0.1, -0.05) is 13.8 Å². The molecular formula is C11H17BrN2O2S. The van der Waals surface area contributed by atoms with E-state index in [0.717, 1.165) is 4.47 Å². The van der Waals surface area contributed by atoms with Gasteiger partial charge < -0.3 is 16.2 Å². The first-order chi connectivity index (χ1) is 7.86. The van der Waals surface area contributed by atoms with Gasteiger partial charge in [0.2, 0.25) is 5.91 Å². The second-order valence-corrected chi connectivity index (χ2v) is 6.31. The standard InChI is InChI=1S/C11H17BrN2O2S/c1-11(2,9-3-7(12)5-17-9)6-14-10(16)8(15)4-13/h3,5,8,15H,4,6,13H2,1-2H3,(H,14,16). The van der Waals surface area contributed by atoms with Crippen molar-refractivity contribution in [3.63, 3.8) is 0 Å². The van der Waals surface area contributed by atoms with Crippen molar-refractivity contribution in [2.24, 2.45) is 5.73 Å². The number of rotatable bonds is 5. The molecule has 0 saturated heterocycles. The summed E-state index contributed by atoms with van der Waals surface area (Å²) in [6, 6.07) is 2.04. The maximum atomic E-state index is 11.4. The molecule has 4 nitrogen and oxygen atoms in total. The Balaban J connectivity index is 2.59. The number of halogens is 1. The second-order valence-electron chi connectivity index (χ2n) is 4.48. The van der Waals surface area contributed by atoms with E-state index in [1.807, 2.05) is 25.3 Å². The highest BCUT2D eigenvalue weighted by Gasteiger charge is 2.24. The summed E-state index contributed by atoms with van der Waals surface area (Å²) in [5.41, 5.74) is 5.05. The molecule has 1 aromatic heterocycles. The van der Waals surface area contributed by atoms with E-state index in [9.17, 15) is 9.90 Å². The molecule has 0 aromatic carbocycles. The third kappa shape index (κ3) is 4.06. The SMILES string of the molecule is CC(C)(CNC(=O)C(O)CN)c1cc(Br)cs1. The lowest BCUT2D eigenvalue weighted by Crippen LogP contribution is -2.44. The average molecular weight is 321 g/mol. The molecule has 6 heteroatoms. The fourth-order valence-electron chi connectivity index (χ4n) is 1.29. The lowest BCUT2D eigenvalue weighted by Gasteiger charge is -2.24. The monoisotopic (exact) mass is 320 g/mol. The minimum absolute atomic E-state index is 0.0587. The number of hydrogen-bond donors (Lipinski definition) is 3. The topological polar surface area (TPSA) is 75.3 Å². The number of carbonyl (C=O) groups excluding carboxylic acids is 1. The molecule has 0 bridgehead atoms. The average Bonchev–Trinajstić information content (AvgIpc) is 2.72. The van der Waals surface area contributed by atoms with Crippen LogP contribution < -0.4 is 11.1 Å². The number of aliphatic hydroxyl groups is 1. The molecule has 17 heavy (non-hydrogen) atoms. The Morgan fingerprint density at radius 1 is 1.71 bits per heavy atom. The molecule has 0 spiro atoms. The van der Waals surface area contributed by atoms with Gasteiger partial charge in [0.25, 0.3) is 0 Å². The van der Waals surface area contributed by atoms with Crippen molar-refractivity contribution < 1.29 is 9.90 Å². The molecule has 1 heterocycles. The molecule has 1 atom stereocenters. The highest BCUT2D eigenvalue weighted by atomic mass is 79.9. The van der Waals surface area contributed by atoms with Crippen molar-refractivity contribution in [1.82, 2.24) is 5.32 Å². The Morgan fingerprint density at radius 3 is 2.82 bits per heavy atom. The van der Waals surface area contributed by atoms with Gasteiger partial charge in [-0.15, -0.1) is 11.3 Å². The van der Waals surface area contributed by atoms with Crippen LogP contribution in [-0.4, -0.2) is 30.2 Å². The van der Waals surface area contributed by atoms with Crippen LogP contribution in [0.4, 0.5) is 0 Å². The highest BCUT2D eigenvalue weighted by Crippen LogP contribution is 2.30. The Kier molecular flexibility index (Phi) is 5.12. The summed E-state index contributed by atoms with van der Waals surface area (Å²) in [5, 5.41) is 14.0. The normalized spacial score (nSPS) is 13.5. The zero-order chi connectivity index (χ0) is 13.1. The summed E-state index contributed by atoms with van der Waals surface area (Å²) in [6.07, 6.45) is -1.12. The van der Waals surface area contributed by atoms with Crippen LogP contribution >= 0.6 is 27.3 Å². The van der Waals surface area contributed by atoms with Crippen LogP contribution in [0.15, 0.2) is 15.9 Å². The molecule has 0 radical (unpaired) electrons. The van der Waals surface area contributed by atoms with Crippen LogP contribution in [0.2, 0.25) is 0 Å². The molecular weight excluding hydrogens is 304 g/mol. The van der Waals surface area contributed by atoms with Gasteiger partial charge in [-0.05, 0) is 22.0 Å². The third-order valence-corrected chi connectivity index (χ3v) is 4.52. The number of amides is 1. The minimum atomic E-state index is -1.12. The summed E-state index contributed by atoms with van der Waals surface area (Å²) < 4.78 is 1.04. The van der Waals surface area contributed by atoms with E-state index in [-0.39, 0.29) is 12.0 Å². The van der Waals surface area contributed by atoms with Crippen molar-refractivity contribution in [2.45, 2.75) is 25.4 Å². The van der Waals surface area contributed by atoms with E-state index in [2.05, 4.69) is 21.2 Å². The van der Waals surface area contributed by atoms with E-state index < -0.39 is 12.0 Å². The van der Waals surface area contributed by atoms with Crippen LogP contribution in [-0.2, 0) is 10.2 Å². The van der Waals surface area contributed by atoms with Crippen LogP contribution in [0.3, 0.4) is 0 Å². The van der Waals surface area contributed by atoms with Crippen molar-refractivity contribution >= 4 is 33.2 Å². The predicted octanol–water partition coefficient (Wildman–Crippen LogP) is 1.22. The van der Waals surface area contributed by atoms with E-state index in [4.69, 9.17) is 5.73 Å². The van der Waals surface area contributed by atoms with Crippen molar-refractivity contribution in [3.05, 3.63) is 20.8 Å². The fraction of sp³-hybridized carbons (Fsp3) is 0.545. The van der Waals surface area contributed by atoms with Gasteiger partial charge >= 0.3 is 0 Å².